The summed E-state index contributed by atoms with van der Waals surface area (Å²) >= 11 is 11.6. The first-order chi connectivity index (χ1) is 10.0. The smallest absolute Gasteiger partial charge is 0.285 e. The Morgan fingerprint density at radius 2 is 2.24 bits per heavy atom. The number of nitrogens with one attached hydrogen (secondary N) is 2. The Hall–Kier alpha value is -2.25. The topological polar surface area (TPSA) is 99.6 Å². The second-order valence-corrected chi connectivity index (χ2v) is 4.64. The molecule has 0 bridgehead atoms. The van der Waals surface area contributed by atoms with Gasteiger partial charge in [0.25, 0.3) is 5.56 Å². The highest BCUT2D eigenvalue weighted by Gasteiger charge is 2.08. The molecule has 21 heavy (non-hydrogen) atoms. The van der Waals surface area contributed by atoms with E-state index in [1.165, 1.54) is 25.6 Å². The molecule has 0 amide bonds. The van der Waals surface area contributed by atoms with E-state index in [-0.39, 0.29) is 27.2 Å². The maximum Gasteiger partial charge on any atom is 0.285 e. The van der Waals surface area contributed by atoms with Crippen molar-refractivity contribution in [3.8, 4) is 11.5 Å². The van der Waals surface area contributed by atoms with Crippen molar-refractivity contribution in [2.75, 3.05) is 12.5 Å². The first kappa shape index (κ1) is 15.1. The second-order valence-electron chi connectivity index (χ2n) is 3.85. The first-order valence-electron chi connectivity index (χ1n) is 5.61. The van der Waals surface area contributed by atoms with Crippen LogP contribution in [0.3, 0.4) is 0 Å². The van der Waals surface area contributed by atoms with Gasteiger partial charge in [-0.15, -0.1) is 0 Å². The van der Waals surface area contributed by atoms with Gasteiger partial charge in [0.2, 0.25) is 0 Å². The fourth-order valence-corrected chi connectivity index (χ4v) is 1.81. The van der Waals surface area contributed by atoms with E-state index < -0.39 is 5.56 Å². The Bertz CT molecular complexity index is 746. The summed E-state index contributed by atoms with van der Waals surface area (Å²) in [6.45, 7) is 0. The molecule has 0 aliphatic heterocycles. The maximum absolute atomic E-state index is 11.2. The molecule has 1 aromatic heterocycles. The van der Waals surface area contributed by atoms with Crippen molar-refractivity contribution in [1.82, 2.24) is 10.2 Å². The standard InChI is InChI=1S/C12H10Cl2N4O3/c1-21-9-3-6(2-7(13)11(9)19)4-15-17-8-5-16-18-12(20)10(8)14/h2-5,19H,1H3,(H2,17,18,20)/b15-4-. The fourth-order valence-electron chi connectivity index (χ4n) is 1.46. The van der Waals surface area contributed by atoms with Crippen LogP contribution in [0.25, 0.3) is 0 Å². The summed E-state index contributed by atoms with van der Waals surface area (Å²) in [7, 11) is 1.41. The highest BCUT2D eigenvalue weighted by Crippen LogP contribution is 2.34. The van der Waals surface area contributed by atoms with Crippen molar-refractivity contribution in [3.63, 3.8) is 0 Å². The molecule has 0 aliphatic rings. The molecule has 2 rings (SSSR count). The van der Waals surface area contributed by atoms with Crippen molar-refractivity contribution in [2.45, 2.75) is 0 Å². The average molecular weight is 329 g/mol. The van der Waals surface area contributed by atoms with Gasteiger partial charge in [-0.1, -0.05) is 23.2 Å². The molecule has 110 valence electrons. The molecule has 1 aromatic carbocycles. The van der Waals surface area contributed by atoms with E-state index in [9.17, 15) is 9.90 Å². The monoisotopic (exact) mass is 328 g/mol. The summed E-state index contributed by atoms with van der Waals surface area (Å²) in [5.74, 6) is 0.0749. The van der Waals surface area contributed by atoms with Crippen LogP contribution >= 0.6 is 23.2 Å². The van der Waals surface area contributed by atoms with Gasteiger partial charge in [0.15, 0.2) is 11.5 Å². The number of hydrazone groups is 1. The minimum Gasteiger partial charge on any atom is -0.503 e. The van der Waals surface area contributed by atoms with Gasteiger partial charge in [0.05, 0.1) is 24.5 Å². The summed E-state index contributed by atoms with van der Waals surface area (Å²) < 4.78 is 4.97. The number of phenols is 1. The molecule has 0 spiro atoms. The Kier molecular flexibility index (Phi) is 4.66. The number of anilines is 1. The van der Waals surface area contributed by atoms with E-state index in [0.29, 0.717) is 5.56 Å². The zero-order valence-corrected chi connectivity index (χ0v) is 12.2. The van der Waals surface area contributed by atoms with E-state index >= 15 is 0 Å². The van der Waals surface area contributed by atoms with Crippen LogP contribution in [-0.2, 0) is 0 Å². The van der Waals surface area contributed by atoms with E-state index in [0.717, 1.165) is 0 Å². The summed E-state index contributed by atoms with van der Waals surface area (Å²) in [4.78, 5) is 11.2. The normalized spacial score (nSPS) is 10.8. The van der Waals surface area contributed by atoms with E-state index in [4.69, 9.17) is 27.9 Å². The quantitative estimate of drug-likeness (QED) is 0.590. The lowest BCUT2D eigenvalue weighted by Crippen LogP contribution is -2.10. The number of methoxy groups -OCH3 is 1. The number of H-pyrrole nitrogens is 1. The zero-order valence-electron chi connectivity index (χ0n) is 10.7. The van der Waals surface area contributed by atoms with Gasteiger partial charge in [0, 0.05) is 0 Å². The van der Waals surface area contributed by atoms with Gasteiger partial charge in [-0.3, -0.25) is 10.2 Å². The van der Waals surface area contributed by atoms with Crippen LogP contribution in [0.2, 0.25) is 10.0 Å². The van der Waals surface area contributed by atoms with Gasteiger partial charge in [-0.25, -0.2) is 5.10 Å². The van der Waals surface area contributed by atoms with Gasteiger partial charge >= 0.3 is 0 Å². The van der Waals surface area contributed by atoms with Crippen LogP contribution in [0.1, 0.15) is 5.56 Å². The molecule has 2 aromatic rings. The zero-order chi connectivity index (χ0) is 15.4. The molecule has 1 heterocycles. The molecular weight excluding hydrogens is 319 g/mol. The molecule has 0 atom stereocenters. The van der Waals surface area contributed by atoms with Crippen LogP contribution in [0.5, 0.6) is 11.5 Å². The highest BCUT2D eigenvalue weighted by atomic mass is 35.5. The van der Waals surface area contributed by atoms with Gasteiger partial charge in [0.1, 0.15) is 10.7 Å². The minimum atomic E-state index is -0.522. The molecule has 3 N–H and O–H groups in total. The number of aromatic amines is 1. The average Bonchev–Trinajstić information content (AvgIpc) is 2.47. The lowest BCUT2D eigenvalue weighted by atomic mass is 10.2. The summed E-state index contributed by atoms with van der Waals surface area (Å²) in [5.41, 5.74) is 2.90. The third-order valence-corrected chi connectivity index (χ3v) is 3.13. The Labute approximate surface area is 129 Å². The molecule has 0 unspecified atom stereocenters. The van der Waals surface area contributed by atoms with Gasteiger partial charge in [-0.05, 0) is 17.7 Å². The van der Waals surface area contributed by atoms with Crippen LogP contribution in [-0.4, -0.2) is 28.6 Å². The molecular formula is C12H10Cl2N4O3. The molecule has 9 heteroatoms. The summed E-state index contributed by atoms with van der Waals surface area (Å²) in [6, 6.07) is 3.05. The first-order valence-corrected chi connectivity index (χ1v) is 6.37. The number of nitrogens with zero attached hydrogens (tertiary/aromatic N) is 2. The largest absolute Gasteiger partial charge is 0.503 e. The fraction of sp³-hybridized carbons (Fsp3) is 0.0833. The predicted molar refractivity (Wildman–Crippen MR) is 80.8 cm³/mol. The van der Waals surface area contributed by atoms with Crippen molar-refractivity contribution in [1.29, 1.82) is 0 Å². The number of rotatable bonds is 4. The van der Waals surface area contributed by atoms with E-state index in [1.54, 1.807) is 6.07 Å². The number of benzene rings is 1. The second kappa shape index (κ2) is 6.47. The predicted octanol–water partition coefficient (Wildman–Crippen LogP) is 2.24. The SMILES string of the molecule is COc1cc(/C=N\Nc2cn[nH]c(=O)c2Cl)cc(Cl)c1O. The molecule has 0 saturated carbocycles. The molecule has 0 radical (unpaired) electrons. The van der Waals surface area contributed by atoms with Crippen molar-refractivity contribution >= 4 is 35.1 Å². The van der Waals surface area contributed by atoms with E-state index in [1.807, 2.05) is 0 Å². The van der Waals surface area contributed by atoms with E-state index in [2.05, 4.69) is 20.7 Å². The number of hydrogen-bond donors (Lipinski definition) is 3. The highest BCUT2D eigenvalue weighted by molar-refractivity contribution is 6.33. The Morgan fingerprint density at radius 3 is 2.95 bits per heavy atom. The van der Waals surface area contributed by atoms with Crippen LogP contribution in [0, 0.1) is 0 Å². The van der Waals surface area contributed by atoms with Gasteiger partial charge in [-0.2, -0.15) is 10.2 Å². The minimum absolute atomic E-state index is 0.0523. The number of aromatic hydroxyl groups is 1. The lowest BCUT2D eigenvalue weighted by Gasteiger charge is -2.06. The Morgan fingerprint density at radius 1 is 1.48 bits per heavy atom. The summed E-state index contributed by atoms with van der Waals surface area (Å²) in [5, 5.41) is 19.4. The number of aromatic nitrogens is 2. The number of halogens is 2. The van der Waals surface area contributed by atoms with Crippen LogP contribution in [0.4, 0.5) is 5.69 Å². The maximum atomic E-state index is 11.2. The van der Waals surface area contributed by atoms with Crippen molar-refractivity contribution < 1.29 is 9.84 Å². The molecule has 0 aliphatic carbocycles. The number of hydrogen-bond acceptors (Lipinski definition) is 6. The van der Waals surface area contributed by atoms with Gasteiger partial charge < -0.3 is 9.84 Å². The number of phenolic OH excluding ortho intramolecular Hbond substituents is 1. The molecule has 0 fully saturated rings. The van der Waals surface area contributed by atoms with Crippen LogP contribution < -0.4 is 15.7 Å². The number of ether oxygens (including phenoxy) is 1. The third-order valence-electron chi connectivity index (χ3n) is 2.46. The molecule has 7 nitrogen and oxygen atoms in total. The summed E-state index contributed by atoms with van der Waals surface area (Å²) in [6.07, 6.45) is 2.75. The van der Waals surface area contributed by atoms with Crippen LogP contribution in [0.15, 0.2) is 28.2 Å². The Balaban J connectivity index is 2.20. The third kappa shape index (κ3) is 3.45. The lowest BCUT2D eigenvalue weighted by molar-refractivity contribution is 0.373. The van der Waals surface area contributed by atoms with Crippen molar-refractivity contribution in [2.24, 2.45) is 5.10 Å². The molecule has 0 saturated heterocycles. The van der Waals surface area contributed by atoms with Crippen molar-refractivity contribution in [3.05, 3.63) is 44.3 Å².